The number of nitrogens with one attached hydrogen (secondary N) is 1. The van der Waals surface area contributed by atoms with Gasteiger partial charge in [0.2, 0.25) is 0 Å². The van der Waals surface area contributed by atoms with E-state index in [1.54, 1.807) is 18.3 Å². The fraction of sp³-hybridized carbons (Fsp3) is 0.333. The molecule has 1 aromatic rings. The van der Waals surface area contributed by atoms with Gasteiger partial charge in [0.25, 0.3) is 5.91 Å². The van der Waals surface area contributed by atoms with Crippen molar-refractivity contribution in [1.29, 1.82) is 0 Å². The van der Waals surface area contributed by atoms with Gasteiger partial charge >= 0.3 is 0 Å². The van der Waals surface area contributed by atoms with Crippen LogP contribution in [0.1, 0.15) is 6.42 Å². The van der Waals surface area contributed by atoms with Crippen LogP contribution in [0.4, 0.5) is 5.82 Å². The second-order valence-corrected chi connectivity index (χ2v) is 2.99. The Balaban J connectivity index is 1.98. The number of aromatic nitrogens is 1. The Morgan fingerprint density at radius 2 is 2.43 bits per heavy atom. The largest absolute Gasteiger partial charge is 0.309 e. The SMILES string of the molecule is O=C(Nc1ccccn1)C1CCN=N1. The summed E-state index contributed by atoms with van der Waals surface area (Å²) in [5, 5.41) is 10.3. The molecule has 0 radical (unpaired) electrons. The van der Waals surface area contributed by atoms with Gasteiger partial charge in [0.15, 0.2) is 6.04 Å². The lowest BCUT2D eigenvalue weighted by Gasteiger charge is -2.05. The fourth-order valence-corrected chi connectivity index (χ4v) is 1.22. The summed E-state index contributed by atoms with van der Waals surface area (Å²) in [5.41, 5.74) is 0. The lowest BCUT2D eigenvalue weighted by atomic mass is 10.2. The van der Waals surface area contributed by atoms with Crippen LogP contribution in [0.2, 0.25) is 0 Å². The van der Waals surface area contributed by atoms with E-state index in [1.807, 2.05) is 6.07 Å². The quantitative estimate of drug-likeness (QED) is 0.762. The van der Waals surface area contributed by atoms with Gasteiger partial charge in [0.05, 0.1) is 6.54 Å². The predicted octanol–water partition coefficient (Wildman–Crippen LogP) is 1.24. The van der Waals surface area contributed by atoms with Gasteiger partial charge in [0.1, 0.15) is 5.82 Å². The molecular weight excluding hydrogens is 180 g/mol. The summed E-state index contributed by atoms with van der Waals surface area (Å²) in [7, 11) is 0. The molecule has 1 aliphatic heterocycles. The molecule has 1 aliphatic rings. The van der Waals surface area contributed by atoms with Crippen molar-refractivity contribution in [2.45, 2.75) is 12.5 Å². The third kappa shape index (κ3) is 1.93. The highest BCUT2D eigenvalue weighted by molar-refractivity contribution is 5.94. The number of carbonyl (C=O) groups excluding carboxylic acids is 1. The van der Waals surface area contributed by atoms with Crippen molar-refractivity contribution in [2.75, 3.05) is 11.9 Å². The van der Waals surface area contributed by atoms with Crippen LogP contribution in [0.25, 0.3) is 0 Å². The number of amides is 1. The summed E-state index contributed by atoms with van der Waals surface area (Å²) >= 11 is 0. The van der Waals surface area contributed by atoms with Crippen molar-refractivity contribution in [3.8, 4) is 0 Å². The van der Waals surface area contributed by atoms with Gasteiger partial charge < -0.3 is 5.32 Å². The molecular formula is C9H10N4O. The number of rotatable bonds is 2. The van der Waals surface area contributed by atoms with Gasteiger partial charge in [-0.15, -0.1) is 0 Å². The molecule has 0 bridgehead atoms. The van der Waals surface area contributed by atoms with E-state index in [0.29, 0.717) is 18.8 Å². The van der Waals surface area contributed by atoms with Crippen LogP contribution in [0, 0.1) is 0 Å². The highest BCUT2D eigenvalue weighted by atomic mass is 16.2. The average molecular weight is 190 g/mol. The molecule has 5 nitrogen and oxygen atoms in total. The highest BCUT2D eigenvalue weighted by Gasteiger charge is 2.20. The first kappa shape index (κ1) is 8.80. The maximum absolute atomic E-state index is 11.5. The molecule has 2 heterocycles. The van der Waals surface area contributed by atoms with E-state index in [2.05, 4.69) is 20.5 Å². The molecule has 1 atom stereocenters. The highest BCUT2D eigenvalue weighted by Crippen LogP contribution is 2.10. The fourth-order valence-electron chi connectivity index (χ4n) is 1.22. The molecule has 0 spiro atoms. The molecule has 1 aromatic heterocycles. The molecule has 0 aromatic carbocycles. The Morgan fingerprint density at radius 1 is 1.50 bits per heavy atom. The summed E-state index contributed by atoms with van der Waals surface area (Å²) in [6, 6.07) is 5.02. The number of hydrogen-bond acceptors (Lipinski definition) is 4. The topological polar surface area (TPSA) is 66.7 Å². The van der Waals surface area contributed by atoms with E-state index >= 15 is 0 Å². The van der Waals surface area contributed by atoms with E-state index in [4.69, 9.17) is 0 Å². The third-order valence-electron chi connectivity index (χ3n) is 1.94. The van der Waals surface area contributed by atoms with Crippen molar-refractivity contribution >= 4 is 11.7 Å². The predicted molar refractivity (Wildman–Crippen MR) is 51.0 cm³/mol. The first-order valence-corrected chi connectivity index (χ1v) is 4.45. The molecule has 72 valence electrons. The lowest BCUT2D eigenvalue weighted by Crippen LogP contribution is -2.25. The van der Waals surface area contributed by atoms with Crippen molar-refractivity contribution in [3.63, 3.8) is 0 Å². The first-order chi connectivity index (χ1) is 6.86. The van der Waals surface area contributed by atoms with Gasteiger partial charge in [-0.25, -0.2) is 4.98 Å². The van der Waals surface area contributed by atoms with E-state index in [1.165, 1.54) is 0 Å². The number of pyridine rings is 1. The summed E-state index contributed by atoms with van der Waals surface area (Å²) < 4.78 is 0. The number of carbonyl (C=O) groups is 1. The van der Waals surface area contributed by atoms with Crippen molar-refractivity contribution in [3.05, 3.63) is 24.4 Å². The zero-order chi connectivity index (χ0) is 9.80. The monoisotopic (exact) mass is 190 g/mol. The molecule has 0 fully saturated rings. The van der Waals surface area contributed by atoms with Crippen LogP contribution in [-0.2, 0) is 4.79 Å². The van der Waals surface area contributed by atoms with Crippen molar-refractivity contribution in [2.24, 2.45) is 10.2 Å². The summed E-state index contributed by atoms with van der Waals surface area (Å²) in [4.78, 5) is 15.5. The molecule has 1 unspecified atom stereocenters. The van der Waals surface area contributed by atoms with Crippen molar-refractivity contribution in [1.82, 2.24) is 4.98 Å². The Kier molecular flexibility index (Phi) is 2.48. The molecule has 1 N–H and O–H groups in total. The normalized spacial score (nSPS) is 19.6. The third-order valence-corrected chi connectivity index (χ3v) is 1.94. The van der Waals surface area contributed by atoms with Gasteiger partial charge in [0, 0.05) is 12.6 Å². The Hall–Kier alpha value is -1.78. The molecule has 0 saturated carbocycles. The van der Waals surface area contributed by atoms with Gasteiger partial charge in [-0.1, -0.05) is 6.07 Å². The van der Waals surface area contributed by atoms with Crippen LogP contribution in [0.5, 0.6) is 0 Å². The molecule has 0 aliphatic carbocycles. The maximum Gasteiger partial charge on any atom is 0.252 e. The first-order valence-electron chi connectivity index (χ1n) is 4.45. The van der Waals surface area contributed by atoms with Crippen LogP contribution in [-0.4, -0.2) is 23.5 Å². The molecule has 1 amide bonds. The van der Waals surface area contributed by atoms with Crippen LogP contribution in [0.15, 0.2) is 34.6 Å². The second kappa shape index (κ2) is 3.95. The Morgan fingerprint density at radius 3 is 3.07 bits per heavy atom. The maximum atomic E-state index is 11.5. The van der Waals surface area contributed by atoms with Gasteiger partial charge in [-0.05, 0) is 12.1 Å². The van der Waals surface area contributed by atoms with E-state index in [9.17, 15) is 4.79 Å². The average Bonchev–Trinajstić information content (AvgIpc) is 2.72. The van der Waals surface area contributed by atoms with E-state index < -0.39 is 0 Å². The van der Waals surface area contributed by atoms with Gasteiger partial charge in [-0.2, -0.15) is 10.2 Å². The van der Waals surface area contributed by atoms with Gasteiger partial charge in [-0.3, -0.25) is 4.79 Å². The lowest BCUT2D eigenvalue weighted by molar-refractivity contribution is -0.117. The van der Waals surface area contributed by atoms with Crippen molar-refractivity contribution < 1.29 is 4.79 Å². The number of nitrogens with zero attached hydrogens (tertiary/aromatic N) is 3. The number of azo groups is 1. The summed E-state index contributed by atoms with van der Waals surface area (Å²) in [6.07, 6.45) is 2.32. The Labute approximate surface area is 81.3 Å². The minimum Gasteiger partial charge on any atom is -0.309 e. The van der Waals surface area contributed by atoms with Crippen LogP contribution < -0.4 is 5.32 Å². The minimum atomic E-state index is -0.336. The zero-order valence-electron chi connectivity index (χ0n) is 7.55. The number of hydrogen-bond donors (Lipinski definition) is 1. The summed E-state index contributed by atoms with van der Waals surface area (Å²) in [6.45, 7) is 0.639. The molecule has 5 heteroatoms. The zero-order valence-corrected chi connectivity index (χ0v) is 7.55. The summed E-state index contributed by atoms with van der Waals surface area (Å²) in [5.74, 6) is 0.421. The number of anilines is 1. The van der Waals surface area contributed by atoms with Crippen LogP contribution in [0.3, 0.4) is 0 Å². The Bertz CT molecular complexity index is 349. The second-order valence-electron chi connectivity index (χ2n) is 2.99. The van der Waals surface area contributed by atoms with Crippen LogP contribution >= 0.6 is 0 Å². The minimum absolute atomic E-state index is 0.134. The molecule has 2 rings (SSSR count). The molecule has 14 heavy (non-hydrogen) atoms. The standard InChI is InChI=1S/C9H10N4O/c14-9(7-4-6-11-13-7)12-8-3-1-2-5-10-8/h1-3,5,7H,4,6H2,(H,10,12,14). The molecule has 0 saturated heterocycles. The van der Waals surface area contributed by atoms with E-state index in [0.717, 1.165) is 0 Å². The van der Waals surface area contributed by atoms with E-state index in [-0.39, 0.29) is 11.9 Å². The smallest absolute Gasteiger partial charge is 0.252 e.